The summed E-state index contributed by atoms with van der Waals surface area (Å²) in [5.41, 5.74) is 4.01. The molecule has 14 heavy (non-hydrogen) atoms. The van der Waals surface area contributed by atoms with Gasteiger partial charge in [-0.25, -0.2) is 0 Å². The molecule has 1 unspecified atom stereocenters. The van der Waals surface area contributed by atoms with E-state index in [0.29, 0.717) is 11.9 Å². The highest BCUT2D eigenvalue weighted by molar-refractivity contribution is 6.17. The van der Waals surface area contributed by atoms with Crippen LogP contribution in [-0.4, -0.2) is 12.9 Å². The minimum Gasteiger partial charge on any atom is -0.313 e. The Kier molecular flexibility index (Phi) is 4.43. The van der Waals surface area contributed by atoms with Crippen LogP contribution in [-0.2, 0) is 0 Å². The zero-order valence-corrected chi connectivity index (χ0v) is 9.86. The summed E-state index contributed by atoms with van der Waals surface area (Å²) in [7, 11) is 1.99. The minimum absolute atomic E-state index is 0.382. The van der Waals surface area contributed by atoms with Crippen LogP contribution in [0, 0.1) is 13.8 Å². The summed E-state index contributed by atoms with van der Waals surface area (Å²) >= 11 is 5.78. The molecule has 0 bridgehead atoms. The van der Waals surface area contributed by atoms with E-state index in [0.717, 1.165) is 6.42 Å². The number of nitrogens with one attached hydrogen (secondary N) is 1. The van der Waals surface area contributed by atoms with E-state index in [4.69, 9.17) is 11.6 Å². The maximum Gasteiger partial charge on any atom is 0.0331 e. The number of alkyl halides is 1. The van der Waals surface area contributed by atoms with Crippen molar-refractivity contribution in [2.24, 2.45) is 0 Å². The molecule has 1 atom stereocenters. The van der Waals surface area contributed by atoms with E-state index in [9.17, 15) is 0 Å². The summed E-state index contributed by atoms with van der Waals surface area (Å²) in [4.78, 5) is 0. The van der Waals surface area contributed by atoms with E-state index >= 15 is 0 Å². The zero-order chi connectivity index (χ0) is 10.6. The molecule has 1 rings (SSSR count). The standard InChI is InChI=1S/C12H18ClN/c1-9-4-5-10(2)11(8-9)12(14-3)6-7-13/h4-5,8,12,14H,6-7H2,1-3H3. The van der Waals surface area contributed by atoms with Gasteiger partial charge in [0.05, 0.1) is 0 Å². The van der Waals surface area contributed by atoms with Crippen LogP contribution >= 0.6 is 11.6 Å². The number of rotatable bonds is 4. The van der Waals surface area contributed by atoms with Gasteiger partial charge in [-0.15, -0.1) is 11.6 Å². The van der Waals surface area contributed by atoms with E-state index in [1.54, 1.807) is 0 Å². The van der Waals surface area contributed by atoms with Crippen molar-refractivity contribution >= 4 is 11.6 Å². The molecule has 0 aliphatic carbocycles. The molecule has 0 aromatic heterocycles. The van der Waals surface area contributed by atoms with Gasteiger partial charge < -0.3 is 5.32 Å². The average Bonchev–Trinajstić information content (AvgIpc) is 2.18. The van der Waals surface area contributed by atoms with Crippen LogP contribution in [0.15, 0.2) is 18.2 Å². The fraction of sp³-hybridized carbons (Fsp3) is 0.500. The molecule has 2 heteroatoms. The maximum absolute atomic E-state index is 5.78. The highest BCUT2D eigenvalue weighted by atomic mass is 35.5. The van der Waals surface area contributed by atoms with Crippen molar-refractivity contribution in [3.8, 4) is 0 Å². The fourth-order valence-corrected chi connectivity index (χ4v) is 1.92. The van der Waals surface area contributed by atoms with Crippen molar-refractivity contribution in [3.63, 3.8) is 0 Å². The van der Waals surface area contributed by atoms with Crippen LogP contribution in [0.4, 0.5) is 0 Å². The molecular formula is C12H18ClN. The zero-order valence-electron chi connectivity index (χ0n) is 9.10. The molecule has 78 valence electrons. The average molecular weight is 212 g/mol. The highest BCUT2D eigenvalue weighted by Crippen LogP contribution is 2.21. The Hall–Kier alpha value is -0.530. The third-order valence-electron chi connectivity index (χ3n) is 2.56. The second-order valence-electron chi connectivity index (χ2n) is 3.68. The van der Waals surface area contributed by atoms with Gasteiger partial charge in [0.25, 0.3) is 0 Å². The van der Waals surface area contributed by atoms with Gasteiger partial charge in [0, 0.05) is 11.9 Å². The molecule has 0 amide bonds. The van der Waals surface area contributed by atoms with Gasteiger partial charge >= 0.3 is 0 Å². The lowest BCUT2D eigenvalue weighted by Gasteiger charge is -2.18. The van der Waals surface area contributed by atoms with Crippen LogP contribution in [0.1, 0.15) is 29.2 Å². The van der Waals surface area contributed by atoms with E-state index in [2.05, 4.69) is 37.4 Å². The maximum atomic E-state index is 5.78. The molecule has 0 saturated heterocycles. The summed E-state index contributed by atoms with van der Waals surface area (Å²) in [6.45, 7) is 4.27. The van der Waals surface area contributed by atoms with Gasteiger partial charge in [-0.2, -0.15) is 0 Å². The number of hydrogen-bond acceptors (Lipinski definition) is 1. The van der Waals surface area contributed by atoms with E-state index in [1.165, 1.54) is 16.7 Å². The van der Waals surface area contributed by atoms with Crippen molar-refractivity contribution in [2.45, 2.75) is 26.3 Å². The summed E-state index contributed by atoms with van der Waals surface area (Å²) in [6, 6.07) is 6.94. The number of benzene rings is 1. The molecule has 0 spiro atoms. The Labute approximate surface area is 91.5 Å². The van der Waals surface area contributed by atoms with Crippen molar-refractivity contribution in [1.29, 1.82) is 0 Å². The molecule has 1 nitrogen and oxygen atoms in total. The quantitative estimate of drug-likeness (QED) is 0.755. The number of halogens is 1. The molecule has 1 aromatic rings. The molecule has 1 N–H and O–H groups in total. The second kappa shape index (κ2) is 5.38. The molecule has 1 aromatic carbocycles. The van der Waals surface area contributed by atoms with Crippen molar-refractivity contribution in [2.75, 3.05) is 12.9 Å². The van der Waals surface area contributed by atoms with Gasteiger partial charge in [-0.1, -0.05) is 23.8 Å². The van der Waals surface area contributed by atoms with Crippen molar-refractivity contribution < 1.29 is 0 Å². The summed E-state index contributed by atoms with van der Waals surface area (Å²) in [6.07, 6.45) is 0.975. The first-order valence-corrected chi connectivity index (χ1v) is 5.53. The normalized spacial score (nSPS) is 12.9. The predicted octanol–water partition coefficient (Wildman–Crippen LogP) is 3.19. The van der Waals surface area contributed by atoms with Gasteiger partial charge in [0.1, 0.15) is 0 Å². The Bertz CT molecular complexity index is 296. The lowest BCUT2D eigenvalue weighted by molar-refractivity contribution is 0.576. The van der Waals surface area contributed by atoms with Gasteiger partial charge in [-0.3, -0.25) is 0 Å². The van der Waals surface area contributed by atoms with Crippen molar-refractivity contribution in [3.05, 3.63) is 34.9 Å². The van der Waals surface area contributed by atoms with Gasteiger partial charge in [-0.05, 0) is 38.4 Å². The van der Waals surface area contributed by atoms with Gasteiger partial charge in [0.15, 0.2) is 0 Å². The SMILES string of the molecule is CNC(CCCl)c1cc(C)ccc1C. The lowest BCUT2D eigenvalue weighted by atomic mass is 9.97. The van der Waals surface area contributed by atoms with E-state index in [1.807, 2.05) is 7.05 Å². The summed E-state index contributed by atoms with van der Waals surface area (Å²) in [5.74, 6) is 0.693. The third-order valence-corrected chi connectivity index (χ3v) is 2.77. The predicted molar refractivity (Wildman–Crippen MR) is 63.1 cm³/mol. The Balaban J connectivity index is 2.96. The molecule has 0 fully saturated rings. The van der Waals surface area contributed by atoms with Gasteiger partial charge in [0.2, 0.25) is 0 Å². The van der Waals surface area contributed by atoms with Crippen LogP contribution in [0.5, 0.6) is 0 Å². The van der Waals surface area contributed by atoms with Crippen molar-refractivity contribution in [1.82, 2.24) is 5.32 Å². The fourth-order valence-electron chi connectivity index (χ4n) is 1.70. The van der Waals surface area contributed by atoms with Crippen LogP contribution in [0.25, 0.3) is 0 Å². The van der Waals surface area contributed by atoms with Crippen LogP contribution in [0.3, 0.4) is 0 Å². The molecule has 0 radical (unpaired) electrons. The first-order valence-electron chi connectivity index (χ1n) is 4.99. The van der Waals surface area contributed by atoms with E-state index in [-0.39, 0.29) is 0 Å². The largest absolute Gasteiger partial charge is 0.313 e. The van der Waals surface area contributed by atoms with Crippen LogP contribution in [0.2, 0.25) is 0 Å². The number of hydrogen-bond donors (Lipinski definition) is 1. The Morgan fingerprint density at radius 2 is 2.07 bits per heavy atom. The smallest absolute Gasteiger partial charge is 0.0331 e. The lowest BCUT2D eigenvalue weighted by Crippen LogP contribution is -2.18. The third kappa shape index (κ3) is 2.73. The first kappa shape index (κ1) is 11.5. The highest BCUT2D eigenvalue weighted by Gasteiger charge is 2.10. The Morgan fingerprint density at radius 1 is 1.36 bits per heavy atom. The monoisotopic (exact) mass is 211 g/mol. The topological polar surface area (TPSA) is 12.0 Å². The molecule has 0 heterocycles. The molecule has 0 aliphatic heterocycles. The Morgan fingerprint density at radius 3 is 2.64 bits per heavy atom. The van der Waals surface area contributed by atoms with E-state index < -0.39 is 0 Å². The molecule has 0 saturated carbocycles. The molecule has 0 aliphatic rings. The molecular weight excluding hydrogens is 194 g/mol. The minimum atomic E-state index is 0.382. The second-order valence-corrected chi connectivity index (χ2v) is 4.06. The first-order chi connectivity index (χ1) is 6.69. The van der Waals surface area contributed by atoms with Crippen LogP contribution < -0.4 is 5.32 Å². The summed E-state index contributed by atoms with van der Waals surface area (Å²) in [5, 5.41) is 3.30. The summed E-state index contributed by atoms with van der Waals surface area (Å²) < 4.78 is 0. The number of aryl methyl sites for hydroxylation is 2.